The lowest BCUT2D eigenvalue weighted by Gasteiger charge is -2.29. The second kappa shape index (κ2) is 7.13. The van der Waals surface area contributed by atoms with E-state index in [1.165, 1.54) is 11.3 Å². The molecule has 5 heteroatoms. The molecule has 3 aliphatic heterocycles. The number of aromatic nitrogens is 1. The highest BCUT2D eigenvalue weighted by atomic mass is 16.5. The minimum Gasteiger partial charge on any atom is -0.369 e. The van der Waals surface area contributed by atoms with E-state index in [1.807, 2.05) is 30.3 Å². The normalized spacial score (nSPS) is 29.9. The molecular weight excluding hydrogens is 362 g/mol. The van der Waals surface area contributed by atoms with Crippen LogP contribution in [0.3, 0.4) is 0 Å². The summed E-state index contributed by atoms with van der Waals surface area (Å²) in [5, 5.41) is 3.16. The predicted molar refractivity (Wildman–Crippen MR) is 113 cm³/mol. The minimum absolute atomic E-state index is 0.00469. The molecular formula is C24H29N3O2. The number of amides is 1. The topological polar surface area (TPSA) is 54.5 Å². The first-order valence-corrected chi connectivity index (χ1v) is 10.8. The first-order chi connectivity index (χ1) is 14.1. The van der Waals surface area contributed by atoms with Crippen molar-refractivity contribution in [3.63, 3.8) is 0 Å². The smallest absolute Gasteiger partial charge is 0.251 e. The van der Waals surface area contributed by atoms with Gasteiger partial charge in [-0.1, -0.05) is 31.2 Å². The summed E-state index contributed by atoms with van der Waals surface area (Å²) in [5.41, 5.74) is 3.09. The van der Waals surface area contributed by atoms with Gasteiger partial charge < -0.3 is 15.0 Å². The van der Waals surface area contributed by atoms with Gasteiger partial charge in [0.25, 0.3) is 5.91 Å². The third-order valence-corrected chi connectivity index (χ3v) is 7.16. The van der Waals surface area contributed by atoms with Gasteiger partial charge in [-0.05, 0) is 49.9 Å². The highest BCUT2D eigenvalue weighted by molar-refractivity contribution is 5.94. The number of carbonyl (C=O) groups is 1. The van der Waals surface area contributed by atoms with Crippen molar-refractivity contribution in [2.75, 3.05) is 24.5 Å². The SMILES string of the molecule is CCc1nc(N2C[C@@H]3[C@H](CNC(=O)c4ccccc4)[C@H]4CC[C@]3(C2)O4)ccc1C. The number of anilines is 1. The number of carbonyl (C=O) groups excluding carboxylic acids is 1. The Bertz CT molecular complexity index is 916. The number of pyridine rings is 1. The molecule has 152 valence electrons. The van der Waals surface area contributed by atoms with Crippen molar-refractivity contribution in [3.05, 3.63) is 59.3 Å². The Hall–Kier alpha value is -2.40. The number of fused-ring (bicyclic) bond motifs is 1. The zero-order chi connectivity index (χ0) is 20.0. The molecule has 4 atom stereocenters. The van der Waals surface area contributed by atoms with Crippen molar-refractivity contribution in [2.45, 2.75) is 44.8 Å². The van der Waals surface area contributed by atoms with Crippen LogP contribution in [0, 0.1) is 18.8 Å². The fraction of sp³-hybridized carbons (Fsp3) is 0.500. The summed E-state index contributed by atoms with van der Waals surface area (Å²) in [5.74, 6) is 1.89. The van der Waals surface area contributed by atoms with Crippen LogP contribution in [0.25, 0.3) is 0 Å². The number of hydrogen-bond donors (Lipinski definition) is 1. The molecule has 3 fully saturated rings. The number of aryl methyl sites for hydroxylation is 2. The maximum Gasteiger partial charge on any atom is 0.251 e. The molecule has 29 heavy (non-hydrogen) atoms. The lowest BCUT2D eigenvalue weighted by molar-refractivity contribution is 0.0141. The fourth-order valence-corrected chi connectivity index (χ4v) is 5.63. The van der Waals surface area contributed by atoms with E-state index < -0.39 is 0 Å². The molecule has 0 aliphatic carbocycles. The van der Waals surface area contributed by atoms with Crippen LogP contribution in [0.1, 0.15) is 41.4 Å². The van der Waals surface area contributed by atoms with E-state index >= 15 is 0 Å². The molecule has 0 unspecified atom stereocenters. The first-order valence-electron chi connectivity index (χ1n) is 10.8. The minimum atomic E-state index is -0.0637. The molecule has 5 rings (SSSR count). The van der Waals surface area contributed by atoms with Crippen LogP contribution < -0.4 is 10.2 Å². The molecule has 1 amide bonds. The lowest BCUT2D eigenvalue weighted by Crippen LogP contribution is -2.41. The Balaban J connectivity index is 1.31. The highest BCUT2D eigenvalue weighted by Crippen LogP contribution is 2.55. The fourth-order valence-electron chi connectivity index (χ4n) is 5.63. The van der Waals surface area contributed by atoms with Crippen LogP contribution in [0.15, 0.2) is 42.5 Å². The average Bonchev–Trinajstić information content (AvgIpc) is 3.41. The third kappa shape index (κ3) is 3.12. The van der Waals surface area contributed by atoms with E-state index in [4.69, 9.17) is 9.72 Å². The summed E-state index contributed by atoms with van der Waals surface area (Å²) >= 11 is 0. The van der Waals surface area contributed by atoms with Gasteiger partial charge in [0.1, 0.15) is 5.82 Å². The van der Waals surface area contributed by atoms with Crippen molar-refractivity contribution >= 4 is 11.7 Å². The zero-order valence-electron chi connectivity index (χ0n) is 17.2. The maximum atomic E-state index is 12.5. The highest BCUT2D eigenvalue weighted by Gasteiger charge is 2.63. The van der Waals surface area contributed by atoms with Gasteiger partial charge in [-0.25, -0.2) is 4.98 Å². The van der Waals surface area contributed by atoms with Gasteiger partial charge in [0, 0.05) is 42.7 Å². The molecule has 0 saturated carbocycles. The molecule has 3 aliphatic rings. The summed E-state index contributed by atoms with van der Waals surface area (Å²) in [7, 11) is 0. The van der Waals surface area contributed by atoms with Crippen LogP contribution in [-0.4, -0.2) is 42.2 Å². The van der Waals surface area contributed by atoms with Crippen molar-refractivity contribution in [1.82, 2.24) is 10.3 Å². The van der Waals surface area contributed by atoms with E-state index in [2.05, 4.69) is 36.2 Å². The second-order valence-electron chi connectivity index (χ2n) is 8.77. The maximum absolute atomic E-state index is 12.5. The van der Waals surface area contributed by atoms with Gasteiger partial charge >= 0.3 is 0 Å². The Kier molecular flexibility index (Phi) is 4.58. The van der Waals surface area contributed by atoms with Gasteiger partial charge in [-0.3, -0.25) is 4.79 Å². The summed E-state index contributed by atoms with van der Waals surface area (Å²) < 4.78 is 6.55. The van der Waals surface area contributed by atoms with Crippen LogP contribution in [0.2, 0.25) is 0 Å². The van der Waals surface area contributed by atoms with Gasteiger partial charge in [0.2, 0.25) is 0 Å². The molecule has 2 bridgehead atoms. The zero-order valence-corrected chi connectivity index (χ0v) is 17.2. The van der Waals surface area contributed by atoms with Gasteiger partial charge in [-0.2, -0.15) is 0 Å². The van der Waals surface area contributed by atoms with E-state index in [-0.39, 0.29) is 17.6 Å². The standard InChI is InChI=1S/C24H29N3O2/c1-3-20-16(2)9-10-22(26-20)27-14-19-18(21-11-12-24(19,15-27)29-21)13-25-23(28)17-7-5-4-6-8-17/h4-10,18-19,21H,3,11-15H2,1-2H3,(H,25,28)/t18-,19+,21+,24+/m0/s1. The second-order valence-corrected chi connectivity index (χ2v) is 8.77. The summed E-state index contributed by atoms with van der Waals surface area (Å²) in [6.45, 7) is 6.84. The van der Waals surface area contributed by atoms with Crippen molar-refractivity contribution < 1.29 is 9.53 Å². The van der Waals surface area contributed by atoms with Crippen LogP contribution in [0.5, 0.6) is 0 Å². The molecule has 0 radical (unpaired) electrons. The molecule has 1 N–H and O–H groups in total. The summed E-state index contributed by atoms with van der Waals surface area (Å²) in [6, 6.07) is 13.8. The first kappa shape index (κ1) is 18.6. The molecule has 1 aromatic carbocycles. The quantitative estimate of drug-likeness (QED) is 0.849. The molecule has 4 heterocycles. The average molecular weight is 392 g/mol. The van der Waals surface area contributed by atoms with E-state index in [9.17, 15) is 4.79 Å². The van der Waals surface area contributed by atoms with E-state index in [0.717, 1.165) is 43.7 Å². The lowest BCUT2D eigenvalue weighted by atomic mass is 9.73. The molecule has 1 spiro atoms. The molecule has 5 nitrogen and oxygen atoms in total. The number of rotatable bonds is 5. The third-order valence-electron chi connectivity index (χ3n) is 7.16. The van der Waals surface area contributed by atoms with E-state index in [0.29, 0.717) is 18.4 Å². The Morgan fingerprint density at radius 3 is 2.90 bits per heavy atom. The van der Waals surface area contributed by atoms with E-state index in [1.54, 1.807) is 0 Å². The van der Waals surface area contributed by atoms with Gasteiger partial charge in [-0.15, -0.1) is 0 Å². The monoisotopic (exact) mass is 391 g/mol. The number of nitrogens with one attached hydrogen (secondary N) is 1. The van der Waals surface area contributed by atoms with Crippen molar-refractivity contribution in [2.24, 2.45) is 11.8 Å². The Morgan fingerprint density at radius 1 is 1.28 bits per heavy atom. The molecule has 3 saturated heterocycles. The van der Waals surface area contributed by atoms with Crippen molar-refractivity contribution in [3.8, 4) is 0 Å². The number of nitrogens with zero attached hydrogens (tertiary/aromatic N) is 2. The summed E-state index contributed by atoms with van der Waals surface area (Å²) in [4.78, 5) is 19.8. The molecule has 1 aromatic heterocycles. The van der Waals surface area contributed by atoms with Crippen LogP contribution >= 0.6 is 0 Å². The summed E-state index contributed by atoms with van der Waals surface area (Å²) in [6.07, 6.45) is 3.44. The largest absolute Gasteiger partial charge is 0.369 e. The predicted octanol–water partition coefficient (Wildman–Crippen LogP) is 3.37. The van der Waals surface area contributed by atoms with Crippen LogP contribution in [-0.2, 0) is 11.2 Å². The van der Waals surface area contributed by atoms with Gasteiger partial charge in [0.05, 0.1) is 11.7 Å². The Morgan fingerprint density at radius 2 is 2.10 bits per heavy atom. The number of benzene rings is 1. The van der Waals surface area contributed by atoms with Gasteiger partial charge in [0.15, 0.2) is 0 Å². The van der Waals surface area contributed by atoms with Crippen LogP contribution in [0.4, 0.5) is 5.82 Å². The number of hydrogen-bond acceptors (Lipinski definition) is 4. The molecule has 2 aromatic rings. The van der Waals surface area contributed by atoms with Crippen molar-refractivity contribution in [1.29, 1.82) is 0 Å². The Labute approximate surface area is 172 Å². The number of ether oxygens (including phenoxy) is 1.